The Morgan fingerprint density at radius 1 is 1.17 bits per heavy atom. The van der Waals surface area contributed by atoms with E-state index < -0.39 is 6.04 Å². The van der Waals surface area contributed by atoms with Crippen LogP contribution in [0.4, 0.5) is 0 Å². The number of ether oxygens (including phenoxy) is 1. The molecule has 1 saturated heterocycles. The minimum atomic E-state index is -0.574. The molecule has 1 unspecified atom stereocenters. The van der Waals surface area contributed by atoms with E-state index in [1.807, 2.05) is 4.90 Å². The van der Waals surface area contributed by atoms with Gasteiger partial charge in [-0.2, -0.15) is 0 Å². The molecule has 2 N–H and O–H groups in total. The van der Waals surface area contributed by atoms with E-state index in [9.17, 15) is 14.4 Å². The molecule has 3 atom stereocenters. The Bertz CT molecular complexity index is 478. The smallest absolute Gasteiger partial charge is 0.252 e. The molecule has 0 radical (unpaired) electrons. The van der Waals surface area contributed by atoms with E-state index in [2.05, 4.69) is 10.6 Å². The molecule has 3 amide bonds. The van der Waals surface area contributed by atoms with Crippen molar-refractivity contribution in [2.24, 2.45) is 5.92 Å². The van der Waals surface area contributed by atoms with Crippen LogP contribution < -0.4 is 10.6 Å². The zero-order valence-corrected chi connectivity index (χ0v) is 14.8. The summed E-state index contributed by atoms with van der Waals surface area (Å²) in [6.45, 7) is 4.25. The summed E-state index contributed by atoms with van der Waals surface area (Å²) in [6, 6.07) is -0.652. The summed E-state index contributed by atoms with van der Waals surface area (Å²) in [7, 11) is 1.60. The zero-order chi connectivity index (χ0) is 17.7. The van der Waals surface area contributed by atoms with E-state index in [0.29, 0.717) is 19.0 Å². The van der Waals surface area contributed by atoms with Gasteiger partial charge in [0.15, 0.2) is 0 Å². The van der Waals surface area contributed by atoms with Crippen LogP contribution in [-0.4, -0.2) is 61.0 Å². The van der Waals surface area contributed by atoms with Gasteiger partial charge in [0.05, 0.1) is 0 Å². The van der Waals surface area contributed by atoms with Gasteiger partial charge >= 0.3 is 0 Å². The molecule has 1 saturated carbocycles. The average molecular weight is 339 g/mol. The first-order chi connectivity index (χ1) is 11.4. The van der Waals surface area contributed by atoms with E-state index >= 15 is 0 Å². The second-order valence-corrected chi connectivity index (χ2v) is 6.90. The van der Waals surface area contributed by atoms with Crippen molar-refractivity contribution < 1.29 is 19.1 Å². The lowest BCUT2D eigenvalue weighted by Crippen LogP contribution is -2.56. The standard InChI is InChI=1S/C17H29N3O4/c1-11(18-12(2)21)16(22)19-14-8-5-9-20(10-14)17(23)15(24-3)13-6-4-7-13/h11,13-15H,4-10H2,1-3H3,(H,18,21)(H,19,22)/t11-,14-,15?/m1/s1. The zero-order valence-electron chi connectivity index (χ0n) is 14.8. The van der Waals surface area contributed by atoms with E-state index in [1.54, 1.807) is 14.0 Å². The Labute approximate surface area is 143 Å². The van der Waals surface area contributed by atoms with Gasteiger partial charge in [-0.05, 0) is 38.5 Å². The van der Waals surface area contributed by atoms with Crippen LogP contribution in [0, 0.1) is 5.92 Å². The van der Waals surface area contributed by atoms with E-state index in [1.165, 1.54) is 6.92 Å². The molecular weight excluding hydrogens is 310 g/mol. The van der Waals surface area contributed by atoms with Crippen LogP contribution in [0.3, 0.4) is 0 Å². The molecule has 136 valence electrons. The average Bonchev–Trinajstić information content (AvgIpc) is 2.49. The highest BCUT2D eigenvalue weighted by atomic mass is 16.5. The summed E-state index contributed by atoms with van der Waals surface area (Å²) in [4.78, 5) is 37.7. The van der Waals surface area contributed by atoms with Crippen LogP contribution >= 0.6 is 0 Å². The van der Waals surface area contributed by atoms with Crippen molar-refractivity contribution in [2.75, 3.05) is 20.2 Å². The second kappa shape index (κ2) is 8.46. The fourth-order valence-corrected chi connectivity index (χ4v) is 3.41. The number of likely N-dealkylation sites (tertiary alicyclic amines) is 1. The molecule has 0 aromatic carbocycles. The van der Waals surface area contributed by atoms with Gasteiger partial charge in [0.2, 0.25) is 11.8 Å². The Kier molecular flexibility index (Phi) is 6.60. The summed E-state index contributed by atoms with van der Waals surface area (Å²) in [5.74, 6) is -0.0818. The van der Waals surface area contributed by atoms with E-state index in [-0.39, 0.29) is 29.9 Å². The van der Waals surface area contributed by atoms with Crippen molar-refractivity contribution in [1.29, 1.82) is 0 Å². The van der Waals surface area contributed by atoms with E-state index in [4.69, 9.17) is 4.74 Å². The van der Waals surface area contributed by atoms with E-state index in [0.717, 1.165) is 32.1 Å². The van der Waals surface area contributed by atoms with Crippen LogP contribution in [-0.2, 0) is 19.1 Å². The van der Waals surface area contributed by atoms with Crippen LogP contribution in [0.25, 0.3) is 0 Å². The maximum absolute atomic E-state index is 12.7. The predicted octanol–water partition coefficient (Wildman–Crippen LogP) is 0.433. The monoisotopic (exact) mass is 339 g/mol. The molecule has 1 aliphatic carbocycles. The number of nitrogens with one attached hydrogen (secondary N) is 2. The SMILES string of the molecule is COC(C(=O)N1CCC[C@@H](NC(=O)[C@@H](C)NC(C)=O)C1)C1CCC1. The van der Waals surface area contributed by atoms with Gasteiger partial charge < -0.3 is 20.3 Å². The first kappa shape index (κ1) is 18.7. The Balaban J connectivity index is 1.87. The largest absolute Gasteiger partial charge is 0.371 e. The van der Waals surface area contributed by atoms with Gasteiger partial charge in [-0.25, -0.2) is 0 Å². The third-order valence-corrected chi connectivity index (χ3v) is 4.97. The maximum atomic E-state index is 12.7. The lowest BCUT2D eigenvalue weighted by Gasteiger charge is -2.39. The van der Waals surface area contributed by atoms with Gasteiger partial charge in [-0.3, -0.25) is 14.4 Å². The van der Waals surface area contributed by atoms with Gasteiger partial charge in [0, 0.05) is 33.2 Å². The fraction of sp³-hybridized carbons (Fsp3) is 0.824. The first-order valence-corrected chi connectivity index (χ1v) is 8.81. The molecule has 1 aliphatic heterocycles. The van der Waals surface area contributed by atoms with Crippen molar-refractivity contribution in [3.63, 3.8) is 0 Å². The van der Waals surface area contributed by atoms with Crippen molar-refractivity contribution in [3.05, 3.63) is 0 Å². The lowest BCUT2D eigenvalue weighted by molar-refractivity contribution is -0.149. The normalized spacial score (nSPS) is 23.8. The lowest BCUT2D eigenvalue weighted by atomic mass is 9.80. The second-order valence-electron chi connectivity index (χ2n) is 6.90. The molecule has 2 aliphatic rings. The van der Waals surface area contributed by atoms with Crippen molar-refractivity contribution in [3.8, 4) is 0 Å². The van der Waals surface area contributed by atoms with Crippen LogP contribution in [0.5, 0.6) is 0 Å². The first-order valence-electron chi connectivity index (χ1n) is 8.81. The minimum absolute atomic E-state index is 0.0380. The number of methoxy groups -OCH3 is 1. The van der Waals surface area contributed by atoms with Gasteiger partial charge in [0.25, 0.3) is 5.91 Å². The van der Waals surface area contributed by atoms with Crippen molar-refractivity contribution >= 4 is 17.7 Å². The topological polar surface area (TPSA) is 87.7 Å². The number of rotatable bonds is 6. The molecule has 0 aromatic rings. The molecule has 0 bridgehead atoms. The third-order valence-electron chi connectivity index (χ3n) is 4.97. The van der Waals surface area contributed by atoms with Gasteiger partial charge in [-0.15, -0.1) is 0 Å². The maximum Gasteiger partial charge on any atom is 0.252 e. The summed E-state index contributed by atoms with van der Waals surface area (Å²) < 4.78 is 5.44. The molecule has 24 heavy (non-hydrogen) atoms. The summed E-state index contributed by atoms with van der Waals surface area (Å²) in [5, 5.41) is 5.51. The number of carbonyl (C=O) groups is 3. The molecule has 0 aromatic heterocycles. The number of piperidine rings is 1. The Morgan fingerprint density at radius 2 is 1.88 bits per heavy atom. The molecule has 1 heterocycles. The number of hydrogen-bond acceptors (Lipinski definition) is 4. The minimum Gasteiger partial charge on any atom is -0.371 e. The number of amides is 3. The molecule has 2 rings (SSSR count). The number of carbonyl (C=O) groups excluding carboxylic acids is 3. The summed E-state index contributed by atoms with van der Waals surface area (Å²) >= 11 is 0. The van der Waals surface area contributed by atoms with Crippen molar-refractivity contribution in [2.45, 2.75) is 64.1 Å². The Hall–Kier alpha value is -1.63. The molecule has 0 spiro atoms. The molecule has 7 nitrogen and oxygen atoms in total. The van der Waals surface area contributed by atoms with Crippen LogP contribution in [0.2, 0.25) is 0 Å². The van der Waals surface area contributed by atoms with Crippen LogP contribution in [0.1, 0.15) is 46.0 Å². The molecule has 2 fully saturated rings. The van der Waals surface area contributed by atoms with Gasteiger partial charge in [0.1, 0.15) is 12.1 Å². The molecule has 7 heteroatoms. The highest BCUT2D eigenvalue weighted by Crippen LogP contribution is 2.32. The molecular formula is C17H29N3O4. The van der Waals surface area contributed by atoms with Crippen molar-refractivity contribution in [1.82, 2.24) is 15.5 Å². The number of hydrogen-bond donors (Lipinski definition) is 2. The summed E-state index contributed by atoms with van der Waals surface area (Å²) in [5.41, 5.74) is 0. The predicted molar refractivity (Wildman–Crippen MR) is 89.2 cm³/mol. The highest BCUT2D eigenvalue weighted by molar-refractivity contribution is 5.86. The van der Waals surface area contributed by atoms with Gasteiger partial charge in [-0.1, -0.05) is 6.42 Å². The Morgan fingerprint density at radius 3 is 2.42 bits per heavy atom. The summed E-state index contributed by atoms with van der Waals surface area (Å²) in [6.07, 6.45) is 4.60. The highest BCUT2D eigenvalue weighted by Gasteiger charge is 2.37. The third kappa shape index (κ3) is 4.69. The fourth-order valence-electron chi connectivity index (χ4n) is 3.41. The van der Waals surface area contributed by atoms with Crippen LogP contribution in [0.15, 0.2) is 0 Å². The number of nitrogens with zero attached hydrogens (tertiary/aromatic N) is 1. The quantitative estimate of drug-likeness (QED) is 0.735.